The third-order valence-corrected chi connectivity index (χ3v) is 4.89. The van der Waals surface area contributed by atoms with Gasteiger partial charge in [-0.05, 0) is 56.8 Å². The molecule has 0 bridgehead atoms. The Bertz CT molecular complexity index is 744. The summed E-state index contributed by atoms with van der Waals surface area (Å²) in [7, 11) is 0. The fourth-order valence-electron chi connectivity index (χ4n) is 3.61. The zero-order valence-electron chi connectivity index (χ0n) is 17.5. The van der Waals surface area contributed by atoms with E-state index in [1.54, 1.807) is 16.5 Å². The highest BCUT2D eigenvalue weighted by atomic mass is 16.1. The van der Waals surface area contributed by atoms with Crippen molar-refractivity contribution < 1.29 is 4.79 Å². The van der Waals surface area contributed by atoms with E-state index in [1.165, 1.54) is 6.54 Å². The second-order valence-corrected chi connectivity index (χ2v) is 7.60. The van der Waals surface area contributed by atoms with E-state index in [4.69, 9.17) is 5.73 Å². The molecule has 1 fully saturated rings. The van der Waals surface area contributed by atoms with Crippen molar-refractivity contribution in [1.29, 1.82) is 0 Å². The van der Waals surface area contributed by atoms with Gasteiger partial charge in [0.25, 0.3) is 5.91 Å². The summed E-state index contributed by atoms with van der Waals surface area (Å²) in [5, 5.41) is 3.09. The number of aryl methyl sites for hydroxylation is 1. The molecule has 6 heteroatoms. The highest BCUT2D eigenvalue weighted by Crippen LogP contribution is 2.19. The van der Waals surface area contributed by atoms with Crippen LogP contribution >= 0.6 is 0 Å². The van der Waals surface area contributed by atoms with Gasteiger partial charge in [0.1, 0.15) is 5.82 Å². The number of anilines is 1. The van der Waals surface area contributed by atoms with Crippen LogP contribution in [0.1, 0.15) is 56.6 Å². The maximum absolute atomic E-state index is 12.6. The van der Waals surface area contributed by atoms with Crippen molar-refractivity contribution in [3.8, 4) is 0 Å². The predicted octanol–water partition coefficient (Wildman–Crippen LogP) is 3.35. The van der Waals surface area contributed by atoms with Crippen LogP contribution in [0.15, 0.2) is 18.3 Å². The maximum atomic E-state index is 12.6. The van der Waals surface area contributed by atoms with Gasteiger partial charge in [-0.3, -0.25) is 9.20 Å². The highest BCUT2D eigenvalue weighted by Gasteiger charge is 2.21. The molecule has 0 radical (unpaired) electrons. The second kappa shape index (κ2) is 9.74. The van der Waals surface area contributed by atoms with Crippen LogP contribution in [0.5, 0.6) is 0 Å². The number of hydrogen-bond acceptors (Lipinski definition) is 4. The number of pyridine rings is 1. The molecule has 2 aromatic rings. The molecule has 3 rings (SSSR count). The van der Waals surface area contributed by atoms with Crippen LogP contribution in [0.3, 0.4) is 0 Å². The number of fused-ring (bicyclic) bond motifs is 1. The standard InChI is InChI=1S/C19H29N5O.C2H6/c1-13(2)11-23-8-6-15(7-9-23)10-21-19(25)16-4-5-17(20)24-12-14(3)22-18(16)24;1-2/h4-5,12-13,15H,6-11,20H2,1-3H3,(H,21,25);1-2H3. The van der Waals surface area contributed by atoms with Crippen LogP contribution in [0.2, 0.25) is 0 Å². The lowest BCUT2D eigenvalue weighted by Gasteiger charge is -2.33. The molecule has 0 saturated carbocycles. The van der Waals surface area contributed by atoms with Crippen molar-refractivity contribution in [2.24, 2.45) is 11.8 Å². The number of rotatable bonds is 5. The summed E-state index contributed by atoms with van der Waals surface area (Å²) in [6, 6.07) is 3.52. The SMILES string of the molecule is CC.Cc1cn2c(N)ccc(C(=O)NCC3CCN(CC(C)C)CC3)c2n1. The van der Waals surface area contributed by atoms with Gasteiger partial charge in [-0.25, -0.2) is 4.98 Å². The summed E-state index contributed by atoms with van der Waals surface area (Å²) in [5.41, 5.74) is 8.02. The number of hydrogen-bond donors (Lipinski definition) is 2. The van der Waals surface area contributed by atoms with Crippen LogP contribution < -0.4 is 11.1 Å². The van der Waals surface area contributed by atoms with E-state index in [0.717, 1.165) is 38.2 Å². The molecule has 0 spiro atoms. The first-order valence-corrected chi connectivity index (χ1v) is 10.2. The summed E-state index contributed by atoms with van der Waals surface area (Å²) in [6.07, 6.45) is 4.14. The fraction of sp³-hybridized carbons (Fsp3) is 0.619. The topological polar surface area (TPSA) is 75.7 Å². The molecule has 1 aliphatic rings. The van der Waals surface area contributed by atoms with Crippen molar-refractivity contribution in [2.75, 3.05) is 31.9 Å². The van der Waals surface area contributed by atoms with E-state index in [9.17, 15) is 4.79 Å². The number of aromatic nitrogens is 2. The number of nitrogen functional groups attached to an aromatic ring is 1. The van der Waals surface area contributed by atoms with Crippen molar-refractivity contribution in [2.45, 2.75) is 47.5 Å². The normalized spacial score (nSPS) is 15.6. The van der Waals surface area contributed by atoms with Crippen LogP contribution in [-0.4, -0.2) is 46.4 Å². The number of piperidine rings is 1. The molecule has 3 N–H and O–H groups in total. The Hall–Kier alpha value is -2.08. The van der Waals surface area contributed by atoms with Gasteiger partial charge < -0.3 is 16.0 Å². The summed E-state index contributed by atoms with van der Waals surface area (Å²) in [4.78, 5) is 19.6. The molecular formula is C21H35N5O. The first kappa shape index (κ1) is 21.2. The molecule has 1 amide bonds. The van der Waals surface area contributed by atoms with E-state index in [1.807, 2.05) is 27.0 Å². The summed E-state index contributed by atoms with van der Waals surface area (Å²) in [6.45, 7) is 14.6. The summed E-state index contributed by atoms with van der Waals surface area (Å²) >= 11 is 0. The Labute approximate surface area is 163 Å². The van der Waals surface area contributed by atoms with Crippen LogP contribution in [-0.2, 0) is 0 Å². The minimum atomic E-state index is -0.0692. The third-order valence-electron chi connectivity index (χ3n) is 4.89. The van der Waals surface area contributed by atoms with Crippen molar-refractivity contribution >= 4 is 17.4 Å². The molecule has 150 valence electrons. The number of imidazole rings is 1. The molecule has 0 atom stereocenters. The molecule has 0 aliphatic carbocycles. The fourth-order valence-corrected chi connectivity index (χ4v) is 3.61. The minimum Gasteiger partial charge on any atom is -0.385 e. The largest absolute Gasteiger partial charge is 0.385 e. The quantitative estimate of drug-likeness (QED) is 0.843. The van der Waals surface area contributed by atoms with Gasteiger partial charge in [0, 0.05) is 19.3 Å². The lowest BCUT2D eigenvalue weighted by atomic mass is 9.96. The Morgan fingerprint density at radius 2 is 1.96 bits per heavy atom. The summed E-state index contributed by atoms with van der Waals surface area (Å²) < 4.78 is 1.77. The number of nitrogens with one attached hydrogen (secondary N) is 1. The monoisotopic (exact) mass is 373 g/mol. The molecule has 27 heavy (non-hydrogen) atoms. The highest BCUT2D eigenvalue weighted by molar-refractivity contribution is 6.00. The van der Waals surface area contributed by atoms with Gasteiger partial charge in [0.05, 0.1) is 11.3 Å². The molecular weight excluding hydrogens is 338 g/mol. The van der Waals surface area contributed by atoms with E-state index in [0.29, 0.717) is 28.9 Å². The molecule has 2 aromatic heterocycles. The number of carbonyl (C=O) groups is 1. The molecule has 0 unspecified atom stereocenters. The number of nitrogens with zero attached hydrogens (tertiary/aromatic N) is 3. The Balaban J connectivity index is 0.00000126. The lowest BCUT2D eigenvalue weighted by molar-refractivity contribution is 0.0935. The number of nitrogens with two attached hydrogens (primary N) is 1. The molecule has 0 aromatic carbocycles. The Morgan fingerprint density at radius 3 is 2.59 bits per heavy atom. The molecule has 1 aliphatic heterocycles. The number of carbonyl (C=O) groups excluding carboxylic acids is 1. The first-order chi connectivity index (χ1) is 12.9. The zero-order chi connectivity index (χ0) is 20.0. The van der Waals surface area contributed by atoms with Gasteiger partial charge in [-0.1, -0.05) is 27.7 Å². The lowest BCUT2D eigenvalue weighted by Crippen LogP contribution is -2.40. The molecule has 1 saturated heterocycles. The smallest absolute Gasteiger partial charge is 0.255 e. The predicted molar refractivity (Wildman–Crippen MR) is 112 cm³/mol. The average molecular weight is 374 g/mol. The van der Waals surface area contributed by atoms with Crippen LogP contribution in [0.25, 0.3) is 5.65 Å². The molecule has 3 heterocycles. The van der Waals surface area contributed by atoms with Crippen molar-refractivity contribution in [1.82, 2.24) is 19.6 Å². The van der Waals surface area contributed by atoms with Gasteiger partial charge in [-0.2, -0.15) is 0 Å². The maximum Gasteiger partial charge on any atom is 0.255 e. The Kier molecular flexibility index (Phi) is 7.66. The van der Waals surface area contributed by atoms with Crippen molar-refractivity contribution in [3.05, 3.63) is 29.6 Å². The Morgan fingerprint density at radius 1 is 1.30 bits per heavy atom. The third kappa shape index (κ3) is 5.45. The van der Waals surface area contributed by atoms with Crippen LogP contribution in [0, 0.1) is 18.8 Å². The number of amides is 1. The van der Waals surface area contributed by atoms with E-state index in [2.05, 4.69) is 29.0 Å². The van der Waals surface area contributed by atoms with Crippen molar-refractivity contribution in [3.63, 3.8) is 0 Å². The zero-order valence-corrected chi connectivity index (χ0v) is 17.5. The van der Waals surface area contributed by atoms with E-state index >= 15 is 0 Å². The van der Waals surface area contributed by atoms with Gasteiger partial charge in [-0.15, -0.1) is 0 Å². The summed E-state index contributed by atoms with van der Waals surface area (Å²) in [5.74, 6) is 1.78. The van der Waals surface area contributed by atoms with E-state index in [-0.39, 0.29) is 5.91 Å². The van der Waals surface area contributed by atoms with Gasteiger partial charge >= 0.3 is 0 Å². The van der Waals surface area contributed by atoms with E-state index < -0.39 is 0 Å². The van der Waals surface area contributed by atoms with Gasteiger partial charge in [0.15, 0.2) is 5.65 Å². The van der Waals surface area contributed by atoms with Gasteiger partial charge in [0.2, 0.25) is 0 Å². The molecule has 6 nitrogen and oxygen atoms in total. The average Bonchev–Trinajstić information content (AvgIpc) is 3.05. The second-order valence-electron chi connectivity index (χ2n) is 7.60. The minimum absolute atomic E-state index is 0.0692. The number of likely N-dealkylation sites (tertiary alicyclic amines) is 1. The van der Waals surface area contributed by atoms with Crippen LogP contribution in [0.4, 0.5) is 5.82 Å². The first-order valence-electron chi connectivity index (χ1n) is 10.2.